The van der Waals surface area contributed by atoms with E-state index >= 15 is 0 Å². The van der Waals surface area contributed by atoms with Crippen LogP contribution in [0, 0.1) is 6.92 Å². The molecule has 1 heterocycles. The van der Waals surface area contributed by atoms with Crippen LogP contribution < -0.4 is 0 Å². The van der Waals surface area contributed by atoms with E-state index in [1.807, 2.05) is 13.0 Å². The molecular weight excluding hydrogens is 234 g/mol. The fourth-order valence-corrected chi connectivity index (χ4v) is 1.21. The lowest BCUT2D eigenvalue weighted by atomic mass is 10.2. The number of hydrogen-bond donors (Lipinski definition) is 0. The molecule has 0 atom stereocenters. The summed E-state index contributed by atoms with van der Waals surface area (Å²) in [6.45, 7) is 3.55. The highest BCUT2D eigenvalue weighted by Gasteiger charge is 2.04. The van der Waals surface area contributed by atoms with Crippen LogP contribution in [0.3, 0.4) is 0 Å². The lowest BCUT2D eigenvalue weighted by molar-refractivity contribution is -0.142. The van der Waals surface area contributed by atoms with Crippen molar-refractivity contribution >= 4 is 21.9 Å². The van der Waals surface area contributed by atoms with Crippen molar-refractivity contribution in [3.8, 4) is 0 Å². The first kappa shape index (κ1) is 10.2. The number of carbonyl (C=O) groups is 1. The topological polar surface area (TPSA) is 39.2 Å². The number of ether oxygens (including phenoxy) is 1. The summed E-state index contributed by atoms with van der Waals surface area (Å²) in [7, 11) is 0. The zero-order valence-electron chi connectivity index (χ0n) is 7.50. The van der Waals surface area contributed by atoms with Crippen molar-refractivity contribution in [2.24, 2.45) is 0 Å². The maximum atomic E-state index is 10.6. The van der Waals surface area contributed by atoms with E-state index in [2.05, 4.69) is 20.9 Å². The van der Waals surface area contributed by atoms with Crippen molar-refractivity contribution in [1.29, 1.82) is 0 Å². The fourth-order valence-electron chi connectivity index (χ4n) is 0.868. The van der Waals surface area contributed by atoms with Gasteiger partial charge in [-0.05, 0) is 18.6 Å². The average molecular weight is 244 g/mol. The predicted molar refractivity (Wildman–Crippen MR) is 52.1 cm³/mol. The van der Waals surface area contributed by atoms with Gasteiger partial charge in [-0.1, -0.05) is 15.9 Å². The van der Waals surface area contributed by atoms with E-state index in [-0.39, 0.29) is 12.6 Å². The summed E-state index contributed by atoms with van der Waals surface area (Å²) in [6.07, 6.45) is 1.68. The summed E-state index contributed by atoms with van der Waals surface area (Å²) >= 11 is 3.37. The first-order chi connectivity index (χ1) is 6.11. The third kappa shape index (κ3) is 2.81. The average Bonchev–Trinajstić information content (AvgIpc) is 2.07. The SMILES string of the molecule is CC(=O)OCc1nccc(Br)c1C. The third-order valence-corrected chi connectivity index (χ3v) is 2.51. The quantitative estimate of drug-likeness (QED) is 0.748. The van der Waals surface area contributed by atoms with Crippen LogP contribution in [0.1, 0.15) is 18.2 Å². The molecule has 0 aliphatic rings. The third-order valence-electron chi connectivity index (χ3n) is 1.65. The van der Waals surface area contributed by atoms with Gasteiger partial charge in [-0.3, -0.25) is 9.78 Å². The van der Waals surface area contributed by atoms with Crippen molar-refractivity contribution < 1.29 is 9.53 Å². The fraction of sp³-hybridized carbons (Fsp3) is 0.333. The smallest absolute Gasteiger partial charge is 0.303 e. The first-order valence-electron chi connectivity index (χ1n) is 3.84. The Bertz CT molecular complexity index is 325. The lowest BCUT2D eigenvalue weighted by Crippen LogP contribution is -2.02. The van der Waals surface area contributed by atoms with Crippen LogP contribution in [-0.2, 0) is 16.1 Å². The van der Waals surface area contributed by atoms with Crippen molar-refractivity contribution in [2.45, 2.75) is 20.5 Å². The number of nitrogens with zero attached hydrogens (tertiary/aromatic N) is 1. The highest BCUT2D eigenvalue weighted by Crippen LogP contribution is 2.17. The van der Waals surface area contributed by atoms with Crippen molar-refractivity contribution in [2.75, 3.05) is 0 Å². The minimum Gasteiger partial charge on any atom is -0.459 e. The Kier molecular flexibility index (Phi) is 3.42. The Morgan fingerprint density at radius 1 is 1.69 bits per heavy atom. The maximum absolute atomic E-state index is 10.6. The van der Waals surface area contributed by atoms with Gasteiger partial charge in [0, 0.05) is 17.6 Å². The minimum absolute atomic E-state index is 0.237. The molecule has 0 amide bonds. The van der Waals surface area contributed by atoms with Gasteiger partial charge < -0.3 is 4.74 Å². The Hall–Kier alpha value is -0.900. The number of pyridine rings is 1. The predicted octanol–water partition coefficient (Wildman–Crippen LogP) is 2.22. The van der Waals surface area contributed by atoms with E-state index in [1.165, 1.54) is 6.92 Å². The van der Waals surface area contributed by atoms with Gasteiger partial charge in [0.1, 0.15) is 6.61 Å². The molecule has 70 valence electrons. The molecule has 0 aliphatic carbocycles. The number of carbonyl (C=O) groups excluding carboxylic acids is 1. The monoisotopic (exact) mass is 243 g/mol. The Labute approximate surface area is 85.3 Å². The first-order valence-corrected chi connectivity index (χ1v) is 4.64. The van der Waals surface area contributed by atoms with Gasteiger partial charge in [0.2, 0.25) is 0 Å². The second kappa shape index (κ2) is 4.37. The number of aromatic nitrogens is 1. The lowest BCUT2D eigenvalue weighted by Gasteiger charge is -2.05. The number of rotatable bonds is 2. The van der Waals surface area contributed by atoms with Gasteiger partial charge in [-0.2, -0.15) is 0 Å². The van der Waals surface area contributed by atoms with Crippen molar-refractivity contribution in [1.82, 2.24) is 4.98 Å². The molecule has 0 saturated carbocycles. The molecule has 0 bridgehead atoms. The number of hydrogen-bond acceptors (Lipinski definition) is 3. The molecule has 1 rings (SSSR count). The molecule has 0 N–H and O–H groups in total. The van der Waals surface area contributed by atoms with Crippen LogP contribution >= 0.6 is 15.9 Å². The van der Waals surface area contributed by atoms with Gasteiger partial charge in [0.15, 0.2) is 0 Å². The summed E-state index contributed by atoms with van der Waals surface area (Å²) in [5, 5.41) is 0. The summed E-state index contributed by atoms with van der Waals surface area (Å²) in [5.41, 5.74) is 1.79. The van der Waals surface area contributed by atoms with Gasteiger partial charge in [0.05, 0.1) is 5.69 Å². The standard InChI is InChI=1S/C9H10BrNO2/c1-6-8(10)3-4-11-9(6)5-13-7(2)12/h3-4H,5H2,1-2H3. The van der Waals surface area contributed by atoms with Crippen LogP contribution in [0.2, 0.25) is 0 Å². The second-order valence-corrected chi connectivity index (χ2v) is 3.50. The highest BCUT2D eigenvalue weighted by molar-refractivity contribution is 9.10. The molecule has 1 aromatic heterocycles. The van der Waals surface area contributed by atoms with Gasteiger partial charge in [-0.25, -0.2) is 0 Å². The van der Waals surface area contributed by atoms with Crippen LogP contribution in [0.4, 0.5) is 0 Å². The van der Waals surface area contributed by atoms with E-state index < -0.39 is 0 Å². The second-order valence-electron chi connectivity index (χ2n) is 2.64. The zero-order valence-corrected chi connectivity index (χ0v) is 9.09. The summed E-state index contributed by atoms with van der Waals surface area (Å²) in [6, 6.07) is 1.85. The van der Waals surface area contributed by atoms with E-state index in [1.54, 1.807) is 6.20 Å². The molecule has 13 heavy (non-hydrogen) atoms. The molecule has 4 heteroatoms. The minimum atomic E-state index is -0.291. The number of halogens is 1. The van der Waals surface area contributed by atoms with E-state index in [4.69, 9.17) is 4.74 Å². The van der Waals surface area contributed by atoms with Crippen molar-refractivity contribution in [3.63, 3.8) is 0 Å². The van der Waals surface area contributed by atoms with E-state index in [0.717, 1.165) is 15.7 Å². The molecule has 3 nitrogen and oxygen atoms in total. The Morgan fingerprint density at radius 3 is 3.00 bits per heavy atom. The molecule has 0 spiro atoms. The molecule has 0 radical (unpaired) electrons. The maximum Gasteiger partial charge on any atom is 0.303 e. The molecule has 1 aromatic rings. The summed E-state index contributed by atoms with van der Waals surface area (Å²) in [5.74, 6) is -0.291. The number of esters is 1. The Balaban J connectivity index is 2.77. The van der Waals surface area contributed by atoms with Gasteiger partial charge in [0.25, 0.3) is 0 Å². The van der Waals surface area contributed by atoms with Crippen LogP contribution in [0.25, 0.3) is 0 Å². The largest absolute Gasteiger partial charge is 0.459 e. The molecule has 0 saturated heterocycles. The van der Waals surface area contributed by atoms with Crippen LogP contribution in [0.5, 0.6) is 0 Å². The molecule has 0 aromatic carbocycles. The van der Waals surface area contributed by atoms with Gasteiger partial charge in [-0.15, -0.1) is 0 Å². The van der Waals surface area contributed by atoms with Gasteiger partial charge >= 0.3 is 5.97 Å². The van der Waals surface area contributed by atoms with E-state index in [9.17, 15) is 4.79 Å². The highest BCUT2D eigenvalue weighted by atomic mass is 79.9. The zero-order chi connectivity index (χ0) is 9.84. The molecule has 0 fully saturated rings. The van der Waals surface area contributed by atoms with Crippen LogP contribution in [0.15, 0.2) is 16.7 Å². The van der Waals surface area contributed by atoms with Crippen LogP contribution in [-0.4, -0.2) is 11.0 Å². The van der Waals surface area contributed by atoms with Crippen molar-refractivity contribution in [3.05, 3.63) is 28.0 Å². The molecular formula is C9H10BrNO2. The summed E-state index contributed by atoms with van der Waals surface area (Å²) in [4.78, 5) is 14.7. The summed E-state index contributed by atoms with van der Waals surface area (Å²) < 4.78 is 5.82. The molecule has 0 aliphatic heterocycles. The Morgan fingerprint density at radius 2 is 2.38 bits per heavy atom. The van der Waals surface area contributed by atoms with E-state index in [0.29, 0.717) is 0 Å². The normalized spacial score (nSPS) is 9.77. The molecule has 0 unspecified atom stereocenters.